The van der Waals surface area contributed by atoms with Crippen molar-refractivity contribution >= 4 is 10.0 Å². The van der Waals surface area contributed by atoms with Gasteiger partial charge in [-0.3, -0.25) is 0 Å². The highest BCUT2D eigenvalue weighted by Crippen LogP contribution is 2.27. The number of hydrogen-bond acceptors (Lipinski definition) is 6. The number of benzene rings is 1. The Kier molecular flexibility index (Phi) is 6.62. The number of hydrogen-bond donors (Lipinski definition) is 0. The number of halogens is 1. The first kappa shape index (κ1) is 22.4. The maximum absolute atomic E-state index is 13.9. The molecule has 0 bridgehead atoms. The van der Waals surface area contributed by atoms with Gasteiger partial charge in [-0.25, -0.2) is 12.8 Å². The first-order valence-corrected chi connectivity index (χ1v) is 11.4. The highest BCUT2D eigenvalue weighted by molar-refractivity contribution is 7.89. The van der Waals surface area contributed by atoms with E-state index in [2.05, 4.69) is 31.0 Å². The van der Waals surface area contributed by atoms with Crippen LogP contribution in [0.3, 0.4) is 0 Å². The summed E-state index contributed by atoms with van der Waals surface area (Å²) in [6, 6.07) is 7.42. The standard InChI is InChI=1S/C21H28FN3O4S/c1-21(2,3)19-7-8-20(24-23-19)29-14-15-9-11-25(12-10-15)30(26,27)16-5-6-18(28-4)17(22)13-16/h5-8,13,15H,9-12,14H2,1-4H3. The van der Waals surface area contributed by atoms with Crippen LogP contribution < -0.4 is 9.47 Å². The van der Waals surface area contributed by atoms with Crippen molar-refractivity contribution in [2.24, 2.45) is 5.92 Å². The van der Waals surface area contributed by atoms with Crippen molar-refractivity contribution < 1.29 is 22.3 Å². The number of methoxy groups -OCH3 is 1. The van der Waals surface area contributed by atoms with Gasteiger partial charge in [-0.05, 0) is 43.0 Å². The van der Waals surface area contributed by atoms with Crippen LogP contribution >= 0.6 is 0 Å². The van der Waals surface area contributed by atoms with Crippen LogP contribution in [0.5, 0.6) is 11.6 Å². The first-order valence-electron chi connectivity index (χ1n) is 9.92. The Morgan fingerprint density at radius 1 is 1.13 bits per heavy atom. The fraction of sp³-hybridized carbons (Fsp3) is 0.524. The fourth-order valence-electron chi connectivity index (χ4n) is 3.27. The zero-order chi connectivity index (χ0) is 21.9. The second kappa shape index (κ2) is 8.85. The fourth-order valence-corrected chi connectivity index (χ4v) is 4.76. The molecule has 30 heavy (non-hydrogen) atoms. The number of aromatic nitrogens is 2. The largest absolute Gasteiger partial charge is 0.494 e. The summed E-state index contributed by atoms with van der Waals surface area (Å²) in [5, 5.41) is 8.33. The average molecular weight is 438 g/mol. The molecule has 1 aromatic heterocycles. The minimum absolute atomic E-state index is 0.0171. The highest BCUT2D eigenvalue weighted by atomic mass is 32.2. The Morgan fingerprint density at radius 2 is 1.83 bits per heavy atom. The van der Waals surface area contributed by atoms with Gasteiger partial charge in [-0.1, -0.05) is 20.8 Å². The Labute approximate surface area is 177 Å². The van der Waals surface area contributed by atoms with Crippen LogP contribution in [-0.2, 0) is 15.4 Å². The lowest BCUT2D eigenvalue weighted by Crippen LogP contribution is -2.39. The van der Waals surface area contributed by atoms with Gasteiger partial charge in [0.15, 0.2) is 11.6 Å². The molecule has 0 spiro atoms. The second-order valence-corrected chi connectivity index (χ2v) is 10.4. The van der Waals surface area contributed by atoms with Crippen molar-refractivity contribution in [3.05, 3.63) is 41.8 Å². The molecule has 0 amide bonds. The van der Waals surface area contributed by atoms with Crippen LogP contribution in [0.4, 0.5) is 4.39 Å². The second-order valence-electron chi connectivity index (χ2n) is 8.46. The van der Waals surface area contributed by atoms with Crippen LogP contribution in [0.15, 0.2) is 35.2 Å². The molecule has 0 unspecified atom stereocenters. The van der Waals surface area contributed by atoms with E-state index in [4.69, 9.17) is 9.47 Å². The third kappa shape index (κ3) is 5.07. The van der Waals surface area contributed by atoms with Crippen LogP contribution in [0, 0.1) is 11.7 Å². The van der Waals surface area contributed by atoms with Gasteiger partial charge in [-0.2, -0.15) is 9.40 Å². The van der Waals surface area contributed by atoms with Crippen molar-refractivity contribution in [3.8, 4) is 11.6 Å². The normalized spacial score (nSPS) is 16.4. The first-order chi connectivity index (χ1) is 14.1. The lowest BCUT2D eigenvalue weighted by atomic mass is 9.92. The zero-order valence-corrected chi connectivity index (χ0v) is 18.6. The van der Waals surface area contributed by atoms with Gasteiger partial charge in [0.1, 0.15) is 0 Å². The van der Waals surface area contributed by atoms with E-state index in [-0.39, 0.29) is 22.0 Å². The predicted molar refractivity (Wildman–Crippen MR) is 111 cm³/mol. The van der Waals surface area contributed by atoms with E-state index in [9.17, 15) is 12.8 Å². The molecule has 164 valence electrons. The minimum atomic E-state index is -3.74. The molecule has 0 N–H and O–H groups in total. The molecule has 2 heterocycles. The van der Waals surface area contributed by atoms with E-state index < -0.39 is 15.8 Å². The van der Waals surface area contributed by atoms with Gasteiger partial charge < -0.3 is 9.47 Å². The third-order valence-electron chi connectivity index (χ3n) is 5.21. The van der Waals surface area contributed by atoms with Gasteiger partial charge in [-0.15, -0.1) is 5.10 Å². The molecule has 0 aliphatic carbocycles. The smallest absolute Gasteiger partial charge is 0.243 e. The summed E-state index contributed by atoms with van der Waals surface area (Å²) in [5.41, 5.74) is 0.819. The molecule has 1 aromatic carbocycles. The molecule has 1 aliphatic rings. The molecule has 3 rings (SSSR count). The summed E-state index contributed by atoms with van der Waals surface area (Å²) in [7, 11) is -2.41. The van der Waals surface area contributed by atoms with E-state index in [1.54, 1.807) is 0 Å². The van der Waals surface area contributed by atoms with Crippen molar-refractivity contribution in [1.29, 1.82) is 0 Å². The number of piperidine rings is 1. The lowest BCUT2D eigenvalue weighted by molar-refractivity contribution is 0.179. The molecule has 2 aromatic rings. The summed E-state index contributed by atoms with van der Waals surface area (Å²) >= 11 is 0. The number of sulfonamides is 1. The van der Waals surface area contributed by atoms with Gasteiger partial charge >= 0.3 is 0 Å². The Morgan fingerprint density at radius 3 is 2.37 bits per heavy atom. The molecule has 1 fully saturated rings. The quantitative estimate of drug-likeness (QED) is 0.689. The van der Waals surface area contributed by atoms with E-state index in [0.717, 1.165) is 11.8 Å². The molecule has 0 atom stereocenters. The molecule has 0 saturated carbocycles. The van der Waals surface area contributed by atoms with Crippen molar-refractivity contribution in [2.75, 3.05) is 26.8 Å². The van der Waals surface area contributed by atoms with Crippen molar-refractivity contribution in [1.82, 2.24) is 14.5 Å². The summed E-state index contributed by atoms with van der Waals surface area (Å²) in [4.78, 5) is -0.0651. The lowest BCUT2D eigenvalue weighted by Gasteiger charge is -2.31. The summed E-state index contributed by atoms with van der Waals surface area (Å²) in [6.07, 6.45) is 1.32. The number of rotatable bonds is 6. The molecular formula is C21H28FN3O4S. The molecule has 9 heteroatoms. The average Bonchev–Trinajstić information content (AvgIpc) is 2.72. The van der Waals surface area contributed by atoms with Crippen molar-refractivity contribution in [2.45, 2.75) is 43.9 Å². The van der Waals surface area contributed by atoms with Crippen LogP contribution in [0.1, 0.15) is 39.3 Å². The van der Waals surface area contributed by atoms with Gasteiger partial charge in [0, 0.05) is 24.6 Å². The molecule has 0 radical (unpaired) electrons. The van der Waals surface area contributed by atoms with E-state index >= 15 is 0 Å². The third-order valence-corrected chi connectivity index (χ3v) is 7.10. The summed E-state index contributed by atoms with van der Waals surface area (Å²) < 4.78 is 51.5. The Bertz CT molecular complexity index is 967. The molecule has 7 nitrogen and oxygen atoms in total. The SMILES string of the molecule is COc1ccc(S(=O)(=O)N2CCC(COc3ccc(C(C)(C)C)nn3)CC2)cc1F. The van der Waals surface area contributed by atoms with Crippen LogP contribution in [0.2, 0.25) is 0 Å². The van der Waals surface area contributed by atoms with E-state index in [1.165, 1.54) is 23.5 Å². The van der Waals surface area contributed by atoms with Gasteiger partial charge in [0.05, 0.1) is 24.3 Å². The number of nitrogens with zero attached hydrogens (tertiary/aromatic N) is 3. The molecule has 1 saturated heterocycles. The topological polar surface area (TPSA) is 81.6 Å². The summed E-state index contributed by atoms with van der Waals surface area (Å²) in [6.45, 7) is 7.38. The Balaban J connectivity index is 1.55. The van der Waals surface area contributed by atoms with Gasteiger partial charge in [0.2, 0.25) is 15.9 Å². The van der Waals surface area contributed by atoms with E-state index in [0.29, 0.717) is 38.4 Å². The van der Waals surface area contributed by atoms with Crippen molar-refractivity contribution in [3.63, 3.8) is 0 Å². The highest BCUT2D eigenvalue weighted by Gasteiger charge is 2.30. The van der Waals surface area contributed by atoms with Crippen LogP contribution in [-0.4, -0.2) is 49.7 Å². The van der Waals surface area contributed by atoms with Crippen LogP contribution in [0.25, 0.3) is 0 Å². The molecular weight excluding hydrogens is 409 g/mol. The zero-order valence-electron chi connectivity index (χ0n) is 17.8. The predicted octanol–water partition coefficient (Wildman–Crippen LogP) is 3.40. The monoisotopic (exact) mass is 437 g/mol. The number of ether oxygens (including phenoxy) is 2. The van der Waals surface area contributed by atoms with E-state index in [1.807, 2.05) is 12.1 Å². The maximum atomic E-state index is 13.9. The molecule has 1 aliphatic heterocycles. The maximum Gasteiger partial charge on any atom is 0.243 e. The summed E-state index contributed by atoms with van der Waals surface area (Å²) in [5.74, 6) is 0.00351. The minimum Gasteiger partial charge on any atom is -0.494 e. The van der Waals surface area contributed by atoms with Gasteiger partial charge in [0.25, 0.3) is 0 Å². The Hall–Kier alpha value is -2.26.